The molecule has 0 bridgehead atoms. The fourth-order valence-electron chi connectivity index (χ4n) is 3.65. The van der Waals surface area contributed by atoms with Gasteiger partial charge in [-0.05, 0) is 47.2 Å². The molecule has 0 fully saturated rings. The Morgan fingerprint density at radius 3 is 2.43 bits per heavy atom. The Labute approximate surface area is 209 Å². The standard InChI is InChI=1S/C28H28N4O2S/c1-19-9-5-8-12-24(19)32-26(34)22-10-6-7-11-23(22)30-27(32)35-18-25(33)31-29-17-20-13-15-21(16-14-20)28(2,3)4/h5-17H,18H2,1-4H3,(H,31,33). The zero-order chi connectivity index (χ0) is 25.0. The number of rotatable bonds is 6. The third-order valence-corrected chi connectivity index (χ3v) is 6.55. The largest absolute Gasteiger partial charge is 0.272 e. The molecule has 178 valence electrons. The lowest BCUT2D eigenvalue weighted by atomic mass is 9.87. The van der Waals surface area contributed by atoms with Gasteiger partial charge in [-0.25, -0.2) is 10.4 Å². The number of carbonyl (C=O) groups is 1. The number of hydrazone groups is 1. The van der Waals surface area contributed by atoms with Gasteiger partial charge in [0, 0.05) is 0 Å². The summed E-state index contributed by atoms with van der Waals surface area (Å²) in [6, 6.07) is 23.0. The third kappa shape index (κ3) is 5.69. The highest BCUT2D eigenvalue weighted by Crippen LogP contribution is 2.23. The van der Waals surface area contributed by atoms with E-state index in [1.165, 1.54) is 17.3 Å². The van der Waals surface area contributed by atoms with Crippen molar-refractivity contribution in [2.45, 2.75) is 38.3 Å². The van der Waals surface area contributed by atoms with Gasteiger partial charge in [-0.1, -0.05) is 87.1 Å². The smallest absolute Gasteiger partial charge is 0.266 e. The summed E-state index contributed by atoms with van der Waals surface area (Å²) in [5, 5.41) is 5.07. The number of thioether (sulfide) groups is 1. The van der Waals surface area contributed by atoms with E-state index < -0.39 is 0 Å². The van der Waals surface area contributed by atoms with Crippen molar-refractivity contribution in [3.8, 4) is 5.69 Å². The minimum absolute atomic E-state index is 0.0664. The first-order valence-corrected chi connectivity index (χ1v) is 12.4. The van der Waals surface area contributed by atoms with Crippen LogP contribution in [0.15, 0.2) is 87.8 Å². The molecular formula is C28H28N4O2S. The van der Waals surface area contributed by atoms with E-state index in [0.29, 0.717) is 16.1 Å². The molecule has 1 amide bonds. The molecule has 0 atom stereocenters. The van der Waals surface area contributed by atoms with Crippen LogP contribution in [-0.2, 0) is 10.2 Å². The molecule has 7 heteroatoms. The number of nitrogens with zero attached hydrogens (tertiary/aromatic N) is 3. The first-order chi connectivity index (χ1) is 16.7. The van der Waals surface area contributed by atoms with E-state index in [1.54, 1.807) is 22.9 Å². The third-order valence-electron chi connectivity index (χ3n) is 5.61. The quantitative estimate of drug-likeness (QED) is 0.176. The molecule has 0 spiro atoms. The number of hydrogen-bond acceptors (Lipinski definition) is 5. The van der Waals surface area contributed by atoms with E-state index in [2.05, 4.69) is 48.4 Å². The zero-order valence-electron chi connectivity index (χ0n) is 20.3. The van der Waals surface area contributed by atoms with Crippen LogP contribution in [0.2, 0.25) is 0 Å². The Kier molecular flexibility index (Phi) is 7.17. The molecule has 0 unspecified atom stereocenters. The van der Waals surface area contributed by atoms with Crippen LogP contribution in [0.3, 0.4) is 0 Å². The molecule has 0 aliphatic heterocycles. The van der Waals surface area contributed by atoms with Gasteiger partial charge in [0.15, 0.2) is 5.16 Å². The summed E-state index contributed by atoms with van der Waals surface area (Å²) in [4.78, 5) is 30.5. The molecule has 0 saturated carbocycles. The maximum atomic E-state index is 13.3. The molecule has 0 aliphatic carbocycles. The van der Waals surface area contributed by atoms with E-state index in [-0.39, 0.29) is 22.6 Å². The highest BCUT2D eigenvalue weighted by molar-refractivity contribution is 7.99. The van der Waals surface area contributed by atoms with E-state index in [1.807, 2.05) is 55.5 Å². The number of carbonyl (C=O) groups excluding carboxylic acids is 1. The SMILES string of the molecule is Cc1ccccc1-n1c(SCC(=O)NN=Cc2ccc(C(C)(C)C)cc2)nc2ccccc2c1=O. The van der Waals surface area contributed by atoms with Gasteiger partial charge >= 0.3 is 0 Å². The predicted molar refractivity (Wildman–Crippen MR) is 144 cm³/mol. The van der Waals surface area contributed by atoms with Gasteiger partial charge in [0.25, 0.3) is 11.5 Å². The Morgan fingerprint density at radius 2 is 1.71 bits per heavy atom. The van der Waals surface area contributed by atoms with Gasteiger partial charge in [0.1, 0.15) is 0 Å². The molecule has 6 nitrogen and oxygen atoms in total. The van der Waals surface area contributed by atoms with E-state index in [9.17, 15) is 9.59 Å². The molecule has 4 rings (SSSR count). The van der Waals surface area contributed by atoms with Crippen LogP contribution in [0.4, 0.5) is 0 Å². The molecular weight excluding hydrogens is 456 g/mol. The molecule has 1 heterocycles. The number of aryl methyl sites for hydroxylation is 1. The highest BCUT2D eigenvalue weighted by atomic mass is 32.2. The number of aromatic nitrogens is 2. The monoisotopic (exact) mass is 484 g/mol. The number of amides is 1. The maximum Gasteiger partial charge on any atom is 0.266 e. The number of benzene rings is 3. The van der Waals surface area contributed by atoms with Gasteiger partial charge in [0.05, 0.1) is 28.6 Å². The van der Waals surface area contributed by atoms with Crippen molar-refractivity contribution in [3.05, 3.63) is 99.8 Å². The van der Waals surface area contributed by atoms with Crippen LogP contribution in [-0.4, -0.2) is 27.4 Å². The predicted octanol–water partition coefficient (Wildman–Crippen LogP) is 5.23. The van der Waals surface area contributed by atoms with Gasteiger partial charge in [0.2, 0.25) is 0 Å². The van der Waals surface area contributed by atoms with Crippen LogP contribution in [0.5, 0.6) is 0 Å². The topological polar surface area (TPSA) is 76.3 Å². The maximum absolute atomic E-state index is 13.3. The van der Waals surface area contributed by atoms with Crippen molar-refractivity contribution in [3.63, 3.8) is 0 Å². The first kappa shape index (κ1) is 24.4. The summed E-state index contributed by atoms with van der Waals surface area (Å²) in [5.41, 5.74) is 6.90. The summed E-state index contributed by atoms with van der Waals surface area (Å²) in [7, 11) is 0. The molecule has 4 aromatic rings. The summed E-state index contributed by atoms with van der Waals surface area (Å²) in [6.45, 7) is 8.44. The van der Waals surface area contributed by atoms with Crippen molar-refractivity contribution in [2.75, 3.05) is 5.75 Å². The fraction of sp³-hybridized carbons (Fsp3) is 0.214. The van der Waals surface area contributed by atoms with E-state index in [0.717, 1.165) is 16.8 Å². The second kappa shape index (κ2) is 10.3. The summed E-state index contributed by atoms with van der Waals surface area (Å²) < 4.78 is 1.58. The molecule has 0 aliphatic rings. The lowest BCUT2D eigenvalue weighted by Gasteiger charge is -2.18. The van der Waals surface area contributed by atoms with Gasteiger partial charge in [-0.15, -0.1) is 0 Å². The number of fused-ring (bicyclic) bond motifs is 1. The molecule has 1 N–H and O–H groups in total. The fourth-order valence-corrected chi connectivity index (χ4v) is 4.44. The van der Waals surface area contributed by atoms with Crippen LogP contribution < -0.4 is 11.0 Å². The second-order valence-corrected chi connectivity index (χ2v) is 10.2. The van der Waals surface area contributed by atoms with Gasteiger partial charge in [-0.2, -0.15) is 5.10 Å². The molecule has 3 aromatic carbocycles. The van der Waals surface area contributed by atoms with E-state index >= 15 is 0 Å². The summed E-state index contributed by atoms with van der Waals surface area (Å²) >= 11 is 1.20. The summed E-state index contributed by atoms with van der Waals surface area (Å²) in [5.74, 6) is -0.215. The second-order valence-electron chi connectivity index (χ2n) is 9.29. The van der Waals surface area contributed by atoms with Gasteiger partial charge in [-0.3, -0.25) is 14.2 Å². The minimum atomic E-state index is -0.281. The van der Waals surface area contributed by atoms with E-state index in [4.69, 9.17) is 0 Å². The zero-order valence-corrected chi connectivity index (χ0v) is 21.1. The number of hydrogen-bond donors (Lipinski definition) is 1. The average molecular weight is 485 g/mol. The molecule has 0 saturated heterocycles. The van der Waals surface area contributed by atoms with Crippen molar-refractivity contribution in [1.82, 2.24) is 15.0 Å². The van der Waals surface area contributed by atoms with Gasteiger partial charge < -0.3 is 0 Å². The average Bonchev–Trinajstić information content (AvgIpc) is 2.83. The lowest BCUT2D eigenvalue weighted by molar-refractivity contribution is -0.118. The Hall–Kier alpha value is -3.71. The lowest BCUT2D eigenvalue weighted by Crippen LogP contribution is -2.24. The number of nitrogens with one attached hydrogen (secondary N) is 1. The summed E-state index contributed by atoms with van der Waals surface area (Å²) in [6.07, 6.45) is 1.62. The Morgan fingerprint density at radius 1 is 1.03 bits per heavy atom. The van der Waals surface area contributed by atoms with Crippen molar-refractivity contribution >= 4 is 34.8 Å². The molecule has 1 aromatic heterocycles. The minimum Gasteiger partial charge on any atom is -0.272 e. The van der Waals surface area contributed by atoms with Crippen LogP contribution in [0, 0.1) is 6.92 Å². The van der Waals surface area contributed by atoms with Crippen molar-refractivity contribution < 1.29 is 4.79 Å². The normalized spacial score (nSPS) is 11.8. The van der Waals surface area contributed by atoms with Crippen LogP contribution in [0.1, 0.15) is 37.5 Å². The Balaban J connectivity index is 1.51. The number of para-hydroxylation sites is 2. The molecule has 35 heavy (non-hydrogen) atoms. The van der Waals surface area contributed by atoms with Crippen LogP contribution >= 0.6 is 11.8 Å². The van der Waals surface area contributed by atoms with Crippen molar-refractivity contribution in [2.24, 2.45) is 5.10 Å². The first-order valence-electron chi connectivity index (χ1n) is 11.4. The van der Waals surface area contributed by atoms with Crippen LogP contribution in [0.25, 0.3) is 16.6 Å². The van der Waals surface area contributed by atoms with Crippen molar-refractivity contribution in [1.29, 1.82) is 0 Å². The Bertz CT molecular complexity index is 1450. The molecule has 0 radical (unpaired) electrons. The highest BCUT2D eigenvalue weighted by Gasteiger charge is 2.16.